The molecule has 0 spiro atoms. The minimum atomic E-state index is -0.378. The fourth-order valence-corrected chi connectivity index (χ4v) is 3.06. The van der Waals surface area contributed by atoms with E-state index in [1.54, 1.807) is 0 Å². The number of aliphatic hydroxyl groups excluding tert-OH is 1. The number of carbonyl (C=O) groups is 1. The average Bonchev–Trinajstić information content (AvgIpc) is 2.82. The van der Waals surface area contributed by atoms with Crippen molar-refractivity contribution in [2.24, 2.45) is 11.8 Å². The third-order valence-electron chi connectivity index (χ3n) is 4.08. The van der Waals surface area contributed by atoms with E-state index in [-0.39, 0.29) is 24.0 Å². The summed E-state index contributed by atoms with van der Waals surface area (Å²) in [6, 6.07) is 0. The molecule has 0 radical (unpaired) electrons. The molecule has 3 atom stereocenters. The van der Waals surface area contributed by atoms with Crippen LogP contribution in [-0.4, -0.2) is 36.4 Å². The third-order valence-corrected chi connectivity index (χ3v) is 4.08. The van der Waals surface area contributed by atoms with Gasteiger partial charge in [-0.3, -0.25) is 4.79 Å². The molecule has 1 saturated carbocycles. The van der Waals surface area contributed by atoms with Gasteiger partial charge in [0.2, 0.25) is 5.91 Å². The van der Waals surface area contributed by atoms with E-state index < -0.39 is 0 Å². The second-order valence-corrected chi connectivity index (χ2v) is 5.69. The molecule has 0 bridgehead atoms. The van der Waals surface area contributed by atoms with Gasteiger partial charge in [0.25, 0.3) is 0 Å². The van der Waals surface area contributed by atoms with Gasteiger partial charge in [-0.1, -0.05) is 19.8 Å². The van der Waals surface area contributed by atoms with Gasteiger partial charge in [-0.2, -0.15) is 0 Å². The number of hydrogen-bond acceptors (Lipinski definition) is 3. The van der Waals surface area contributed by atoms with Crippen LogP contribution in [0.1, 0.15) is 39.0 Å². The Bertz CT molecular complexity index is 276. The van der Waals surface area contributed by atoms with Crippen LogP contribution in [0.25, 0.3) is 0 Å². The lowest BCUT2D eigenvalue weighted by atomic mass is 9.76. The summed E-state index contributed by atoms with van der Waals surface area (Å²) in [6.45, 7) is 3.45. The van der Waals surface area contributed by atoms with Gasteiger partial charge in [0.1, 0.15) is 0 Å². The Morgan fingerprint density at radius 1 is 1.53 bits per heavy atom. The molecule has 17 heavy (non-hydrogen) atoms. The SMILES string of the molecule is CC1CCCC(CO)(NC(=O)C2CCOC2)C1. The van der Waals surface area contributed by atoms with E-state index in [2.05, 4.69) is 12.2 Å². The molecular weight excluding hydrogens is 218 g/mol. The molecule has 1 aliphatic carbocycles. The molecule has 2 fully saturated rings. The maximum Gasteiger partial charge on any atom is 0.226 e. The van der Waals surface area contributed by atoms with Gasteiger partial charge in [0.15, 0.2) is 0 Å². The van der Waals surface area contributed by atoms with Crippen molar-refractivity contribution in [3.63, 3.8) is 0 Å². The Morgan fingerprint density at radius 2 is 2.35 bits per heavy atom. The Hall–Kier alpha value is -0.610. The molecular formula is C13H23NO3. The summed E-state index contributed by atoms with van der Waals surface area (Å²) < 4.78 is 5.23. The molecule has 4 nitrogen and oxygen atoms in total. The molecule has 1 aliphatic heterocycles. The minimum absolute atomic E-state index is 0.0179. The van der Waals surface area contributed by atoms with Gasteiger partial charge in [-0.25, -0.2) is 0 Å². The predicted octanol–water partition coefficient (Wildman–Crippen LogP) is 1.08. The Labute approximate surface area is 103 Å². The first-order valence-electron chi connectivity index (χ1n) is 6.66. The number of hydrogen-bond donors (Lipinski definition) is 2. The van der Waals surface area contributed by atoms with Crippen LogP contribution in [-0.2, 0) is 9.53 Å². The molecule has 3 unspecified atom stereocenters. The lowest BCUT2D eigenvalue weighted by molar-refractivity contribution is -0.128. The maximum absolute atomic E-state index is 12.1. The summed E-state index contributed by atoms with van der Waals surface area (Å²) in [7, 11) is 0. The predicted molar refractivity (Wildman–Crippen MR) is 64.5 cm³/mol. The molecule has 0 aromatic heterocycles. The topological polar surface area (TPSA) is 58.6 Å². The van der Waals surface area contributed by atoms with Crippen molar-refractivity contribution < 1.29 is 14.6 Å². The van der Waals surface area contributed by atoms with E-state index in [0.29, 0.717) is 19.1 Å². The van der Waals surface area contributed by atoms with Crippen LogP contribution < -0.4 is 5.32 Å². The van der Waals surface area contributed by atoms with E-state index in [1.165, 1.54) is 6.42 Å². The smallest absolute Gasteiger partial charge is 0.226 e. The molecule has 2 N–H and O–H groups in total. The van der Waals surface area contributed by atoms with Gasteiger partial charge < -0.3 is 15.2 Å². The zero-order valence-corrected chi connectivity index (χ0v) is 10.6. The zero-order chi connectivity index (χ0) is 12.3. The summed E-state index contributed by atoms with van der Waals surface area (Å²) in [5.41, 5.74) is -0.378. The Balaban J connectivity index is 1.95. The Kier molecular flexibility index (Phi) is 4.05. The first-order chi connectivity index (χ1) is 8.15. The molecule has 2 rings (SSSR count). The fourth-order valence-electron chi connectivity index (χ4n) is 3.06. The summed E-state index contributed by atoms with van der Waals surface area (Å²) in [5.74, 6) is 0.623. The van der Waals surface area contributed by atoms with Crippen LogP contribution in [0, 0.1) is 11.8 Å². The highest BCUT2D eigenvalue weighted by Crippen LogP contribution is 2.32. The van der Waals surface area contributed by atoms with Gasteiger partial charge in [-0.15, -0.1) is 0 Å². The molecule has 0 aromatic carbocycles. The van der Waals surface area contributed by atoms with E-state index in [4.69, 9.17) is 4.74 Å². The maximum atomic E-state index is 12.1. The Morgan fingerprint density at radius 3 is 2.94 bits per heavy atom. The highest BCUT2D eigenvalue weighted by atomic mass is 16.5. The highest BCUT2D eigenvalue weighted by Gasteiger charge is 2.37. The van der Waals surface area contributed by atoms with Crippen LogP contribution in [0.4, 0.5) is 0 Å². The average molecular weight is 241 g/mol. The lowest BCUT2D eigenvalue weighted by Crippen LogP contribution is -2.55. The van der Waals surface area contributed by atoms with Crippen LogP contribution in [0.2, 0.25) is 0 Å². The minimum Gasteiger partial charge on any atom is -0.394 e. The van der Waals surface area contributed by atoms with Crippen molar-refractivity contribution in [3.05, 3.63) is 0 Å². The van der Waals surface area contributed by atoms with Crippen molar-refractivity contribution in [2.75, 3.05) is 19.8 Å². The fraction of sp³-hybridized carbons (Fsp3) is 0.923. The monoisotopic (exact) mass is 241 g/mol. The van der Waals surface area contributed by atoms with Crippen molar-refractivity contribution in [1.29, 1.82) is 0 Å². The number of aliphatic hydroxyl groups is 1. The summed E-state index contributed by atoms with van der Waals surface area (Å²) in [5, 5.41) is 12.7. The highest BCUT2D eigenvalue weighted by molar-refractivity contribution is 5.79. The number of amides is 1. The number of nitrogens with one attached hydrogen (secondary N) is 1. The number of rotatable bonds is 3. The molecule has 4 heteroatoms. The van der Waals surface area contributed by atoms with Crippen molar-refractivity contribution in [1.82, 2.24) is 5.32 Å². The first-order valence-corrected chi connectivity index (χ1v) is 6.66. The molecule has 1 amide bonds. The van der Waals surface area contributed by atoms with Gasteiger partial charge in [0.05, 0.1) is 24.7 Å². The van der Waals surface area contributed by atoms with Crippen LogP contribution in [0.3, 0.4) is 0 Å². The summed E-state index contributed by atoms with van der Waals surface area (Å²) in [6.07, 6.45) is 4.88. The number of ether oxygens (including phenoxy) is 1. The van der Waals surface area contributed by atoms with Crippen molar-refractivity contribution >= 4 is 5.91 Å². The van der Waals surface area contributed by atoms with Gasteiger partial charge in [0, 0.05) is 6.61 Å². The number of carbonyl (C=O) groups excluding carboxylic acids is 1. The van der Waals surface area contributed by atoms with Crippen molar-refractivity contribution in [2.45, 2.75) is 44.6 Å². The lowest BCUT2D eigenvalue weighted by Gasteiger charge is -2.40. The molecule has 2 aliphatic rings. The van der Waals surface area contributed by atoms with E-state index in [9.17, 15) is 9.90 Å². The van der Waals surface area contributed by atoms with Crippen LogP contribution in [0.15, 0.2) is 0 Å². The first kappa shape index (κ1) is 12.8. The summed E-state index contributed by atoms with van der Waals surface area (Å²) >= 11 is 0. The standard InChI is InChI=1S/C13H23NO3/c1-10-3-2-5-13(7-10,9-15)14-12(16)11-4-6-17-8-11/h10-11,15H,2-9H2,1H3,(H,14,16). The third kappa shape index (κ3) is 2.99. The van der Waals surface area contributed by atoms with Gasteiger partial charge in [-0.05, 0) is 25.2 Å². The zero-order valence-electron chi connectivity index (χ0n) is 10.6. The van der Waals surface area contributed by atoms with Crippen molar-refractivity contribution in [3.8, 4) is 0 Å². The second kappa shape index (κ2) is 5.36. The quantitative estimate of drug-likeness (QED) is 0.777. The summed E-state index contributed by atoms with van der Waals surface area (Å²) in [4.78, 5) is 12.1. The van der Waals surface area contributed by atoms with Crippen LogP contribution in [0.5, 0.6) is 0 Å². The molecule has 1 saturated heterocycles. The van der Waals surface area contributed by atoms with E-state index >= 15 is 0 Å². The molecule has 98 valence electrons. The second-order valence-electron chi connectivity index (χ2n) is 5.69. The van der Waals surface area contributed by atoms with E-state index in [1.807, 2.05) is 0 Å². The normalized spacial score (nSPS) is 38.0. The molecule has 1 heterocycles. The molecule has 0 aromatic rings. The largest absolute Gasteiger partial charge is 0.394 e. The van der Waals surface area contributed by atoms with Crippen LogP contribution >= 0.6 is 0 Å². The van der Waals surface area contributed by atoms with Gasteiger partial charge >= 0.3 is 0 Å². The van der Waals surface area contributed by atoms with E-state index in [0.717, 1.165) is 25.7 Å².